The molecule has 0 saturated carbocycles. The smallest absolute Gasteiger partial charge is 0.410 e. The number of ether oxygens (including phenoxy) is 1. The van der Waals surface area contributed by atoms with Gasteiger partial charge in [0.25, 0.3) is 0 Å². The first-order valence-corrected chi connectivity index (χ1v) is 12.5. The van der Waals surface area contributed by atoms with Crippen molar-refractivity contribution < 1.29 is 14.3 Å². The molecule has 35 heavy (non-hydrogen) atoms. The first-order valence-electron chi connectivity index (χ1n) is 12.5. The average molecular weight is 480 g/mol. The standard InChI is InChI=1S/C29H41N3O3/c1-28(2,3)35-27(34)31(6)22-24(21-23-13-9-7-10-14-23)26(33)32-19-17-29(18-20-32,30(4)5)25-15-11-8-12-16-25/h7-16,24H,17-22H2,1-6H3/t24-/m1/s1. The lowest BCUT2D eigenvalue weighted by atomic mass is 9.79. The molecule has 0 aliphatic carbocycles. The minimum Gasteiger partial charge on any atom is -0.444 e. The van der Waals surface area contributed by atoms with Crippen molar-refractivity contribution in [2.75, 3.05) is 40.8 Å². The molecule has 1 aliphatic heterocycles. The van der Waals surface area contributed by atoms with Gasteiger partial charge in [-0.3, -0.25) is 9.69 Å². The van der Waals surface area contributed by atoms with Gasteiger partial charge in [0.05, 0.1) is 5.92 Å². The highest BCUT2D eigenvalue weighted by Gasteiger charge is 2.40. The van der Waals surface area contributed by atoms with Crippen molar-refractivity contribution >= 4 is 12.0 Å². The summed E-state index contributed by atoms with van der Waals surface area (Å²) in [7, 11) is 5.96. The van der Waals surface area contributed by atoms with Crippen molar-refractivity contribution in [3.05, 3.63) is 71.8 Å². The Labute approximate surface area is 210 Å². The molecule has 0 aromatic heterocycles. The van der Waals surface area contributed by atoms with Crippen LogP contribution in [0, 0.1) is 5.92 Å². The average Bonchev–Trinajstić information content (AvgIpc) is 2.83. The van der Waals surface area contributed by atoms with Crippen LogP contribution in [0.5, 0.6) is 0 Å². The molecule has 6 heteroatoms. The van der Waals surface area contributed by atoms with Crippen molar-refractivity contribution in [2.45, 2.75) is 51.2 Å². The highest BCUT2D eigenvalue weighted by atomic mass is 16.6. The van der Waals surface area contributed by atoms with Crippen molar-refractivity contribution in [3.63, 3.8) is 0 Å². The Hall–Kier alpha value is -2.86. The fourth-order valence-corrected chi connectivity index (χ4v) is 4.97. The molecule has 1 heterocycles. The van der Waals surface area contributed by atoms with Crippen LogP contribution in [0.15, 0.2) is 60.7 Å². The monoisotopic (exact) mass is 479 g/mol. The Morgan fingerprint density at radius 1 is 0.943 bits per heavy atom. The third-order valence-electron chi connectivity index (χ3n) is 6.94. The number of hydrogen-bond donors (Lipinski definition) is 0. The SMILES string of the molecule is CN(C[C@@H](Cc1ccccc1)C(=O)N1CCC(c2ccccc2)(N(C)C)CC1)C(=O)OC(C)(C)C. The lowest BCUT2D eigenvalue weighted by Crippen LogP contribution is -2.53. The molecular formula is C29H41N3O3. The van der Waals surface area contributed by atoms with Crippen LogP contribution < -0.4 is 0 Å². The quantitative estimate of drug-likeness (QED) is 0.573. The number of benzene rings is 2. The van der Waals surface area contributed by atoms with E-state index < -0.39 is 11.7 Å². The van der Waals surface area contributed by atoms with E-state index in [1.807, 2.05) is 62.1 Å². The van der Waals surface area contributed by atoms with E-state index in [-0.39, 0.29) is 17.4 Å². The van der Waals surface area contributed by atoms with Gasteiger partial charge in [-0.05, 0) is 65.3 Å². The van der Waals surface area contributed by atoms with E-state index in [1.54, 1.807) is 7.05 Å². The number of piperidine rings is 1. The van der Waals surface area contributed by atoms with Gasteiger partial charge in [-0.25, -0.2) is 4.79 Å². The highest BCUT2D eigenvalue weighted by molar-refractivity contribution is 5.80. The predicted molar refractivity (Wildman–Crippen MR) is 140 cm³/mol. The Morgan fingerprint density at radius 3 is 2.00 bits per heavy atom. The summed E-state index contributed by atoms with van der Waals surface area (Å²) < 4.78 is 5.54. The van der Waals surface area contributed by atoms with Gasteiger partial charge in [-0.15, -0.1) is 0 Å². The minimum absolute atomic E-state index is 0.0831. The molecule has 1 aliphatic rings. The zero-order valence-electron chi connectivity index (χ0n) is 22.2. The van der Waals surface area contributed by atoms with Crippen LogP contribution in [-0.2, 0) is 21.5 Å². The third-order valence-corrected chi connectivity index (χ3v) is 6.94. The molecule has 0 bridgehead atoms. The number of nitrogens with zero attached hydrogens (tertiary/aromatic N) is 3. The van der Waals surface area contributed by atoms with Crippen LogP contribution in [0.3, 0.4) is 0 Å². The van der Waals surface area contributed by atoms with Gasteiger partial charge in [-0.1, -0.05) is 60.7 Å². The zero-order valence-corrected chi connectivity index (χ0v) is 22.2. The largest absolute Gasteiger partial charge is 0.444 e. The van der Waals surface area contributed by atoms with E-state index in [2.05, 4.69) is 43.3 Å². The summed E-state index contributed by atoms with van der Waals surface area (Å²) in [6.07, 6.45) is 1.92. The maximum Gasteiger partial charge on any atom is 0.410 e. The van der Waals surface area contributed by atoms with E-state index in [9.17, 15) is 9.59 Å². The first-order chi connectivity index (χ1) is 16.5. The summed E-state index contributed by atoms with van der Waals surface area (Å²) in [5, 5.41) is 0. The zero-order chi connectivity index (χ0) is 25.6. The second-order valence-electron chi connectivity index (χ2n) is 10.9. The second-order valence-corrected chi connectivity index (χ2v) is 10.9. The van der Waals surface area contributed by atoms with E-state index in [1.165, 1.54) is 10.5 Å². The molecule has 2 aromatic rings. The second kappa shape index (κ2) is 11.3. The molecule has 190 valence electrons. The summed E-state index contributed by atoms with van der Waals surface area (Å²) in [5.74, 6) is -0.233. The Bertz CT molecular complexity index is 962. The Morgan fingerprint density at radius 2 is 1.49 bits per heavy atom. The maximum atomic E-state index is 13.8. The van der Waals surface area contributed by atoms with Crippen LogP contribution in [0.1, 0.15) is 44.7 Å². The molecule has 0 N–H and O–H groups in total. The van der Waals surface area contributed by atoms with Crippen molar-refractivity contribution in [2.24, 2.45) is 5.92 Å². The first kappa shape index (κ1) is 26.7. The number of carbonyl (C=O) groups is 2. The lowest BCUT2D eigenvalue weighted by molar-refractivity contribution is -0.138. The third kappa shape index (κ3) is 6.85. The van der Waals surface area contributed by atoms with Crippen LogP contribution in [0.4, 0.5) is 4.79 Å². The molecule has 2 aromatic carbocycles. The summed E-state index contributed by atoms with van der Waals surface area (Å²) >= 11 is 0. The predicted octanol–water partition coefficient (Wildman–Crippen LogP) is 4.79. The van der Waals surface area contributed by atoms with Gasteiger partial charge in [0, 0.05) is 32.2 Å². The molecule has 1 fully saturated rings. The van der Waals surface area contributed by atoms with Gasteiger partial charge >= 0.3 is 6.09 Å². The summed E-state index contributed by atoms with van der Waals surface area (Å²) in [4.78, 5) is 32.2. The van der Waals surface area contributed by atoms with Crippen LogP contribution in [-0.4, -0.2) is 73.1 Å². The molecule has 1 saturated heterocycles. The summed E-state index contributed by atoms with van der Waals surface area (Å²) in [5.41, 5.74) is 1.72. The fourth-order valence-electron chi connectivity index (χ4n) is 4.97. The van der Waals surface area contributed by atoms with E-state index in [4.69, 9.17) is 4.74 Å². The Balaban J connectivity index is 1.75. The number of hydrogen-bond acceptors (Lipinski definition) is 4. The molecule has 6 nitrogen and oxygen atoms in total. The van der Waals surface area contributed by atoms with Gasteiger partial charge < -0.3 is 14.5 Å². The van der Waals surface area contributed by atoms with E-state index >= 15 is 0 Å². The minimum atomic E-state index is -0.579. The maximum absolute atomic E-state index is 13.8. The molecular weight excluding hydrogens is 438 g/mol. The number of carbonyl (C=O) groups excluding carboxylic acids is 2. The van der Waals surface area contributed by atoms with Gasteiger partial charge in [0.2, 0.25) is 5.91 Å². The van der Waals surface area contributed by atoms with Gasteiger partial charge in [0.1, 0.15) is 5.60 Å². The molecule has 3 rings (SSSR count). The summed E-state index contributed by atoms with van der Waals surface area (Å²) in [6, 6.07) is 20.6. The van der Waals surface area contributed by atoms with E-state index in [0.29, 0.717) is 26.1 Å². The Kier molecular flexibility index (Phi) is 8.60. The van der Waals surface area contributed by atoms with Gasteiger partial charge in [-0.2, -0.15) is 0 Å². The van der Waals surface area contributed by atoms with E-state index in [0.717, 1.165) is 18.4 Å². The molecule has 0 spiro atoms. The summed E-state index contributed by atoms with van der Waals surface area (Å²) in [6.45, 7) is 7.24. The fraction of sp³-hybridized carbons (Fsp3) is 0.517. The number of likely N-dealkylation sites (tertiary alicyclic amines) is 1. The molecule has 2 amide bonds. The van der Waals surface area contributed by atoms with Crippen LogP contribution >= 0.6 is 0 Å². The highest BCUT2D eigenvalue weighted by Crippen LogP contribution is 2.37. The lowest BCUT2D eigenvalue weighted by Gasteiger charge is -2.47. The normalized spacial score (nSPS) is 16.6. The molecule has 0 radical (unpaired) electrons. The van der Waals surface area contributed by atoms with Crippen LogP contribution in [0.25, 0.3) is 0 Å². The van der Waals surface area contributed by atoms with Crippen molar-refractivity contribution in [1.82, 2.24) is 14.7 Å². The topological polar surface area (TPSA) is 53.1 Å². The van der Waals surface area contributed by atoms with Crippen molar-refractivity contribution in [1.29, 1.82) is 0 Å². The number of rotatable bonds is 7. The molecule has 1 atom stereocenters. The molecule has 0 unspecified atom stereocenters. The van der Waals surface area contributed by atoms with Crippen molar-refractivity contribution in [3.8, 4) is 0 Å². The van der Waals surface area contributed by atoms with Gasteiger partial charge in [0.15, 0.2) is 0 Å². The van der Waals surface area contributed by atoms with Crippen LogP contribution in [0.2, 0.25) is 0 Å². The number of amides is 2.